The minimum absolute atomic E-state index is 0.00396. The molecule has 0 radical (unpaired) electrons. The molecule has 0 fully saturated rings. The van der Waals surface area contributed by atoms with E-state index in [4.69, 9.17) is 21.8 Å². The molecule has 0 atom stereocenters. The third-order valence-corrected chi connectivity index (χ3v) is 6.70. The van der Waals surface area contributed by atoms with E-state index < -0.39 is 9.84 Å². The lowest BCUT2D eigenvalue weighted by Crippen LogP contribution is -2.06. The number of halogens is 1. The van der Waals surface area contributed by atoms with Gasteiger partial charge in [0.25, 0.3) is 0 Å². The van der Waals surface area contributed by atoms with Crippen LogP contribution in [0.1, 0.15) is 5.76 Å². The number of hydrogen-bond acceptors (Lipinski definition) is 7. The lowest BCUT2D eigenvalue weighted by molar-refractivity contribution is 0.559. The number of aromatic nitrogens is 3. The zero-order chi connectivity index (χ0) is 21.6. The molecule has 0 saturated carbocycles. The Labute approximate surface area is 181 Å². The van der Waals surface area contributed by atoms with Crippen LogP contribution in [0.5, 0.6) is 0 Å². The molecule has 5 aromatic rings. The molecule has 0 aliphatic rings. The first-order chi connectivity index (χ1) is 14.9. The number of anilines is 1. The molecular formula is C21H14ClN5O3S. The Morgan fingerprint density at radius 1 is 1.03 bits per heavy atom. The first kappa shape index (κ1) is 19.3. The number of nitrogens with zero attached hydrogens (tertiary/aromatic N) is 4. The maximum atomic E-state index is 13.5. The molecule has 2 N–H and O–H groups in total. The van der Waals surface area contributed by atoms with E-state index in [-0.39, 0.29) is 31.8 Å². The van der Waals surface area contributed by atoms with Gasteiger partial charge in [-0.1, -0.05) is 29.8 Å². The van der Waals surface area contributed by atoms with Crippen LogP contribution >= 0.6 is 11.6 Å². The van der Waals surface area contributed by atoms with Crippen molar-refractivity contribution in [2.24, 2.45) is 5.10 Å². The van der Waals surface area contributed by atoms with Crippen LogP contribution in [0.2, 0.25) is 5.02 Å². The van der Waals surface area contributed by atoms with E-state index in [1.54, 1.807) is 42.5 Å². The number of nitrogen functional groups attached to an aromatic ring is 1. The van der Waals surface area contributed by atoms with Gasteiger partial charge in [-0.05, 0) is 42.5 Å². The highest BCUT2D eigenvalue weighted by molar-refractivity contribution is 7.92. The average Bonchev–Trinajstić information content (AvgIpc) is 3.36. The molecule has 0 aliphatic heterocycles. The van der Waals surface area contributed by atoms with Crippen molar-refractivity contribution in [2.75, 3.05) is 5.73 Å². The number of para-hydroxylation sites is 2. The zero-order valence-electron chi connectivity index (χ0n) is 15.8. The van der Waals surface area contributed by atoms with Gasteiger partial charge < -0.3 is 10.2 Å². The first-order valence-corrected chi connectivity index (χ1v) is 11.0. The van der Waals surface area contributed by atoms with E-state index in [1.807, 2.05) is 6.07 Å². The van der Waals surface area contributed by atoms with Crippen LogP contribution in [0.15, 0.2) is 86.2 Å². The molecule has 3 aromatic heterocycles. The number of hydrogen-bond donors (Lipinski definition) is 1. The van der Waals surface area contributed by atoms with E-state index in [9.17, 15) is 8.42 Å². The topological polar surface area (TPSA) is 116 Å². The van der Waals surface area contributed by atoms with Gasteiger partial charge in [0, 0.05) is 5.02 Å². The highest BCUT2D eigenvalue weighted by Crippen LogP contribution is 2.35. The lowest BCUT2D eigenvalue weighted by atomic mass is 10.3. The number of fused-ring (bicyclic) bond motifs is 2. The Balaban J connectivity index is 1.83. The van der Waals surface area contributed by atoms with Crippen molar-refractivity contribution in [1.29, 1.82) is 0 Å². The van der Waals surface area contributed by atoms with Crippen molar-refractivity contribution >= 4 is 55.7 Å². The van der Waals surface area contributed by atoms with Gasteiger partial charge in [-0.3, -0.25) is 0 Å². The second kappa shape index (κ2) is 7.22. The van der Waals surface area contributed by atoms with Crippen LogP contribution in [-0.2, 0) is 9.84 Å². The molecule has 0 unspecified atom stereocenters. The quantitative estimate of drug-likeness (QED) is 0.410. The number of sulfone groups is 1. The summed E-state index contributed by atoms with van der Waals surface area (Å²) in [4.78, 5) is 8.93. The number of furan rings is 1. The first-order valence-electron chi connectivity index (χ1n) is 9.10. The largest absolute Gasteiger partial charge is 0.463 e. The summed E-state index contributed by atoms with van der Waals surface area (Å²) < 4.78 is 33.5. The molecular weight excluding hydrogens is 438 g/mol. The molecule has 8 nitrogen and oxygen atoms in total. The Morgan fingerprint density at radius 3 is 2.52 bits per heavy atom. The highest BCUT2D eigenvalue weighted by atomic mass is 35.5. The minimum Gasteiger partial charge on any atom is -0.463 e. The summed E-state index contributed by atoms with van der Waals surface area (Å²) >= 11 is 6.02. The van der Waals surface area contributed by atoms with Crippen LogP contribution in [0.4, 0.5) is 5.82 Å². The molecule has 0 spiro atoms. The molecule has 31 heavy (non-hydrogen) atoms. The maximum Gasteiger partial charge on any atom is 0.212 e. The highest BCUT2D eigenvalue weighted by Gasteiger charge is 2.30. The minimum atomic E-state index is -4.07. The van der Waals surface area contributed by atoms with E-state index in [1.165, 1.54) is 29.3 Å². The summed E-state index contributed by atoms with van der Waals surface area (Å²) in [6, 6.07) is 16.5. The van der Waals surface area contributed by atoms with Crippen LogP contribution in [-0.4, -0.2) is 29.3 Å². The molecule has 0 bridgehead atoms. The summed E-state index contributed by atoms with van der Waals surface area (Å²) in [5.74, 6) is 0.349. The van der Waals surface area contributed by atoms with Crippen molar-refractivity contribution in [2.45, 2.75) is 9.79 Å². The molecule has 10 heteroatoms. The van der Waals surface area contributed by atoms with E-state index in [2.05, 4.69) is 15.1 Å². The van der Waals surface area contributed by atoms with Gasteiger partial charge in [-0.2, -0.15) is 9.78 Å². The van der Waals surface area contributed by atoms with Gasteiger partial charge in [-0.25, -0.2) is 18.4 Å². The van der Waals surface area contributed by atoms with Crippen LogP contribution in [0, 0.1) is 0 Å². The molecule has 0 saturated heterocycles. The van der Waals surface area contributed by atoms with E-state index in [0.29, 0.717) is 16.8 Å². The fraction of sp³-hybridized carbons (Fsp3) is 0. The molecule has 154 valence electrons. The summed E-state index contributed by atoms with van der Waals surface area (Å²) in [7, 11) is -4.07. The normalized spacial score (nSPS) is 12.3. The van der Waals surface area contributed by atoms with E-state index in [0.717, 1.165) is 0 Å². The number of benzene rings is 2. The number of rotatable bonds is 4. The van der Waals surface area contributed by atoms with Crippen LogP contribution in [0.3, 0.4) is 0 Å². The predicted molar refractivity (Wildman–Crippen MR) is 118 cm³/mol. The maximum absolute atomic E-state index is 13.5. The third kappa shape index (κ3) is 3.24. The fourth-order valence-corrected chi connectivity index (χ4v) is 5.02. The molecule has 2 aromatic carbocycles. The van der Waals surface area contributed by atoms with Crippen molar-refractivity contribution < 1.29 is 12.8 Å². The van der Waals surface area contributed by atoms with E-state index >= 15 is 0 Å². The fourth-order valence-electron chi connectivity index (χ4n) is 3.24. The summed E-state index contributed by atoms with van der Waals surface area (Å²) in [6.45, 7) is 0. The second-order valence-corrected chi connectivity index (χ2v) is 8.95. The van der Waals surface area contributed by atoms with Crippen LogP contribution < -0.4 is 5.73 Å². The van der Waals surface area contributed by atoms with Crippen molar-refractivity contribution in [3.05, 3.63) is 77.7 Å². The smallest absolute Gasteiger partial charge is 0.212 e. The lowest BCUT2D eigenvalue weighted by Gasteiger charge is -2.05. The SMILES string of the molecule is Nc1c(S(=O)(=O)c2cccc(Cl)c2)c2nc3ccccc3nc2n1N=Cc1ccco1. The Bertz CT molecular complexity index is 1570. The average molecular weight is 452 g/mol. The third-order valence-electron chi connectivity index (χ3n) is 4.65. The predicted octanol–water partition coefficient (Wildman–Crippen LogP) is 4.13. The van der Waals surface area contributed by atoms with Crippen molar-refractivity contribution in [1.82, 2.24) is 14.6 Å². The Kier molecular flexibility index (Phi) is 4.49. The van der Waals surface area contributed by atoms with Gasteiger partial charge >= 0.3 is 0 Å². The molecule has 5 rings (SSSR count). The second-order valence-electron chi connectivity index (χ2n) is 6.63. The standard InChI is InChI=1S/C21H14ClN5O3S/c22-13-5-3-7-15(11-13)31(28,29)19-18-21(26-17-9-2-1-8-16(17)25-18)27(20(19)23)24-12-14-6-4-10-30-14/h1-12H,23H2. The summed E-state index contributed by atoms with van der Waals surface area (Å²) in [6.07, 6.45) is 2.92. The van der Waals surface area contributed by atoms with Gasteiger partial charge in [0.15, 0.2) is 5.65 Å². The Morgan fingerprint density at radius 2 is 1.81 bits per heavy atom. The number of nitrogens with two attached hydrogens (primary N) is 1. The monoisotopic (exact) mass is 451 g/mol. The van der Waals surface area contributed by atoms with Crippen LogP contribution in [0.25, 0.3) is 22.2 Å². The van der Waals surface area contributed by atoms with Crippen molar-refractivity contribution in [3.63, 3.8) is 0 Å². The Hall–Kier alpha value is -3.69. The zero-order valence-corrected chi connectivity index (χ0v) is 17.4. The van der Waals surface area contributed by atoms with Crippen molar-refractivity contribution in [3.8, 4) is 0 Å². The van der Waals surface area contributed by atoms with Gasteiger partial charge in [0.1, 0.15) is 22.0 Å². The molecule has 0 aliphatic carbocycles. The summed E-state index contributed by atoms with van der Waals surface area (Å²) in [5, 5.41) is 4.60. The van der Waals surface area contributed by atoms with Gasteiger partial charge in [-0.15, -0.1) is 0 Å². The summed E-state index contributed by atoms with van der Waals surface area (Å²) in [5.41, 5.74) is 7.74. The van der Waals surface area contributed by atoms with Gasteiger partial charge in [0.05, 0.1) is 28.4 Å². The van der Waals surface area contributed by atoms with Gasteiger partial charge in [0.2, 0.25) is 9.84 Å². The molecule has 0 amide bonds. The molecule has 3 heterocycles.